The summed E-state index contributed by atoms with van der Waals surface area (Å²) in [5.41, 5.74) is 2.15. The summed E-state index contributed by atoms with van der Waals surface area (Å²) in [6.45, 7) is 6.50. The van der Waals surface area contributed by atoms with Crippen LogP contribution < -0.4 is 5.32 Å². The largest absolute Gasteiger partial charge is 0.365 e. The Bertz CT molecular complexity index is 593. The van der Waals surface area contributed by atoms with Gasteiger partial charge in [-0.15, -0.1) is 11.6 Å². The highest BCUT2D eigenvalue weighted by atomic mass is 35.5. The summed E-state index contributed by atoms with van der Waals surface area (Å²) in [6.07, 6.45) is 5.68. The highest BCUT2D eigenvalue weighted by Crippen LogP contribution is 2.30. The molecule has 1 aliphatic carbocycles. The van der Waals surface area contributed by atoms with Crippen LogP contribution >= 0.6 is 11.6 Å². The highest BCUT2D eigenvalue weighted by Gasteiger charge is 2.28. The van der Waals surface area contributed by atoms with Crippen molar-refractivity contribution in [3.8, 4) is 0 Å². The molecule has 1 aliphatic rings. The van der Waals surface area contributed by atoms with Gasteiger partial charge in [-0.2, -0.15) is 5.10 Å². The molecular formula is C14H19ClN4. The van der Waals surface area contributed by atoms with Crippen LogP contribution in [0.3, 0.4) is 0 Å². The maximum atomic E-state index is 6.01. The Morgan fingerprint density at radius 1 is 1.37 bits per heavy atom. The van der Waals surface area contributed by atoms with Crippen LogP contribution in [0.4, 0.5) is 5.82 Å². The minimum atomic E-state index is 0.0427. The molecule has 0 spiro atoms. The Morgan fingerprint density at radius 2 is 2.11 bits per heavy atom. The van der Waals surface area contributed by atoms with Crippen LogP contribution in [0, 0.1) is 0 Å². The van der Waals surface area contributed by atoms with Crippen molar-refractivity contribution in [2.75, 3.05) is 5.32 Å². The predicted octanol–water partition coefficient (Wildman–Crippen LogP) is 3.21. The van der Waals surface area contributed by atoms with E-state index in [1.165, 1.54) is 0 Å². The van der Waals surface area contributed by atoms with Gasteiger partial charge in [-0.05, 0) is 18.9 Å². The van der Waals surface area contributed by atoms with E-state index < -0.39 is 0 Å². The summed E-state index contributed by atoms with van der Waals surface area (Å²) in [6, 6.07) is 2.56. The molecule has 1 saturated carbocycles. The molecule has 0 bridgehead atoms. The zero-order valence-corrected chi connectivity index (χ0v) is 12.3. The fourth-order valence-corrected chi connectivity index (χ4v) is 2.69. The normalized spacial score (nSPS) is 23.4. The molecular weight excluding hydrogens is 260 g/mol. The van der Waals surface area contributed by atoms with Crippen molar-refractivity contribution >= 4 is 22.9 Å². The van der Waals surface area contributed by atoms with Gasteiger partial charge in [0.1, 0.15) is 5.52 Å². The molecule has 1 fully saturated rings. The summed E-state index contributed by atoms with van der Waals surface area (Å²) in [7, 11) is 0. The van der Waals surface area contributed by atoms with Crippen LogP contribution in [-0.2, 0) is 5.41 Å². The second-order valence-electron chi connectivity index (χ2n) is 6.30. The van der Waals surface area contributed by atoms with Gasteiger partial charge in [0.05, 0.1) is 5.69 Å². The van der Waals surface area contributed by atoms with E-state index in [9.17, 15) is 0 Å². The van der Waals surface area contributed by atoms with Gasteiger partial charge in [-0.25, -0.2) is 9.50 Å². The zero-order valence-electron chi connectivity index (χ0n) is 11.5. The molecule has 102 valence electrons. The summed E-state index contributed by atoms with van der Waals surface area (Å²) in [4.78, 5) is 4.43. The number of nitrogens with zero attached hydrogens (tertiary/aromatic N) is 3. The van der Waals surface area contributed by atoms with E-state index in [0.717, 1.165) is 29.9 Å². The molecule has 0 aliphatic heterocycles. The van der Waals surface area contributed by atoms with E-state index in [0.29, 0.717) is 11.4 Å². The lowest BCUT2D eigenvalue weighted by atomic mass is 9.92. The lowest BCUT2D eigenvalue weighted by Crippen LogP contribution is -2.36. The second-order valence-corrected chi connectivity index (χ2v) is 6.91. The molecule has 2 aromatic heterocycles. The van der Waals surface area contributed by atoms with Crippen LogP contribution in [0.2, 0.25) is 0 Å². The first-order chi connectivity index (χ1) is 8.93. The third-order valence-corrected chi connectivity index (χ3v) is 3.94. The van der Waals surface area contributed by atoms with E-state index >= 15 is 0 Å². The van der Waals surface area contributed by atoms with E-state index in [1.807, 2.05) is 10.7 Å². The molecule has 0 amide bonds. The van der Waals surface area contributed by atoms with E-state index in [-0.39, 0.29) is 5.41 Å². The van der Waals surface area contributed by atoms with Gasteiger partial charge in [0.2, 0.25) is 0 Å². The molecule has 2 heterocycles. The Morgan fingerprint density at radius 3 is 2.74 bits per heavy atom. The molecule has 0 radical (unpaired) electrons. The smallest absolute Gasteiger partial charge is 0.152 e. The lowest BCUT2D eigenvalue weighted by molar-refractivity contribution is 0.454. The number of rotatable bonds is 2. The molecule has 0 atom stereocenters. The van der Waals surface area contributed by atoms with Crippen molar-refractivity contribution in [1.82, 2.24) is 14.6 Å². The van der Waals surface area contributed by atoms with Crippen molar-refractivity contribution < 1.29 is 0 Å². The molecule has 0 aromatic carbocycles. The molecule has 5 heteroatoms. The minimum Gasteiger partial charge on any atom is -0.365 e. The van der Waals surface area contributed by atoms with Gasteiger partial charge in [0.25, 0.3) is 0 Å². The molecule has 19 heavy (non-hydrogen) atoms. The van der Waals surface area contributed by atoms with Crippen molar-refractivity contribution in [1.29, 1.82) is 0 Å². The average molecular weight is 279 g/mol. The maximum Gasteiger partial charge on any atom is 0.152 e. The van der Waals surface area contributed by atoms with Gasteiger partial charge in [-0.1, -0.05) is 20.8 Å². The van der Waals surface area contributed by atoms with Crippen LogP contribution in [0.15, 0.2) is 18.5 Å². The number of nitrogens with one attached hydrogen (secondary N) is 1. The van der Waals surface area contributed by atoms with Gasteiger partial charge >= 0.3 is 0 Å². The summed E-state index contributed by atoms with van der Waals surface area (Å²) < 4.78 is 1.90. The number of hydrogen-bond acceptors (Lipinski definition) is 3. The first-order valence-electron chi connectivity index (χ1n) is 6.69. The minimum absolute atomic E-state index is 0.0427. The quantitative estimate of drug-likeness (QED) is 0.858. The van der Waals surface area contributed by atoms with E-state index in [4.69, 9.17) is 11.6 Å². The standard InChI is InChI=1S/C14H19ClN4/c1-14(2,3)12-8-11-13(16-4-5-19(11)18-12)17-10-6-9(15)7-10/h4-5,8-10H,6-7H2,1-3H3,(H,16,17). The highest BCUT2D eigenvalue weighted by molar-refractivity contribution is 6.21. The summed E-state index contributed by atoms with van der Waals surface area (Å²) >= 11 is 6.01. The molecule has 1 N–H and O–H groups in total. The Balaban J connectivity index is 1.93. The topological polar surface area (TPSA) is 42.2 Å². The van der Waals surface area contributed by atoms with Crippen molar-refractivity contribution in [2.45, 2.75) is 50.4 Å². The summed E-state index contributed by atoms with van der Waals surface area (Å²) in [5, 5.41) is 8.39. The van der Waals surface area contributed by atoms with Crippen LogP contribution in [-0.4, -0.2) is 26.0 Å². The molecule has 4 nitrogen and oxygen atoms in total. The predicted molar refractivity (Wildman–Crippen MR) is 78.0 cm³/mol. The van der Waals surface area contributed by atoms with Crippen LogP contribution in [0.5, 0.6) is 0 Å². The maximum absolute atomic E-state index is 6.01. The van der Waals surface area contributed by atoms with Crippen molar-refractivity contribution in [3.05, 3.63) is 24.2 Å². The molecule has 2 aromatic rings. The second kappa shape index (κ2) is 4.37. The fraction of sp³-hybridized carbons (Fsp3) is 0.571. The van der Waals surface area contributed by atoms with Crippen LogP contribution in [0.25, 0.3) is 5.52 Å². The van der Waals surface area contributed by atoms with Gasteiger partial charge in [0, 0.05) is 29.2 Å². The SMILES string of the molecule is CC(C)(C)c1cc2c(NC3CC(Cl)C3)nccn2n1. The van der Waals surface area contributed by atoms with E-state index in [2.05, 4.69) is 42.2 Å². The zero-order chi connectivity index (χ0) is 13.6. The van der Waals surface area contributed by atoms with Crippen LogP contribution in [0.1, 0.15) is 39.3 Å². The van der Waals surface area contributed by atoms with Crippen molar-refractivity contribution in [2.24, 2.45) is 0 Å². The number of aromatic nitrogens is 3. The summed E-state index contributed by atoms with van der Waals surface area (Å²) in [5.74, 6) is 0.902. The lowest BCUT2D eigenvalue weighted by Gasteiger charge is -2.31. The number of hydrogen-bond donors (Lipinski definition) is 1. The molecule has 3 rings (SSSR count). The number of alkyl halides is 1. The first kappa shape index (κ1) is 12.7. The fourth-order valence-electron chi connectivity index (χ4n) is 2.26. The third-order valence-electron chi connectivity index (χ3n) is 3.58. The third kappa shape index (κ3) is 2.41. The molecule has 0 unspecified atom stereocenters. The van der Waals surface area contributed by atoms with E-state index in [1.54, 1.807) is 6.20 Å². The Hall–Kier alpha value is -1.29. The Kier molecular flexibility index (Phi) is 2.93. The first-order valence-corrected chi connectivity index (χ1v) is 7.12. The van der Waals surface area contributed by atoms with Gasteiger partial charge in [0.15, 0.2) is 5.82 Å². The van der Waals surface area contributed by atoms with Gasteiger partial charge < -0.3 is 5.32 Å². The number of halogens is 1. The van der Waals surface area contributed by atoms with Crippen molar-refractivity contribution in [3.63, 3.8) is 0 Å². The Labute approximate surface area is 118 Å². The monoisotopic (exact) mass is 278 g/mol. The number of anilines is 1. The average Bonchev–Trinajstić information content (AvgIpc) is 2.71. The molecule has 0 saturated heterocycles. The van der Waals surface area contributed by atoms with Gasteiger partial charge in [-0.3, -0.25) is 0 Å². The number of fused-ring (bicyclic) bond motifs is 1.